The maximum Gasteiger partial charge on any atom is 0.198 e. The van der Waals surface area contributed by atoms with Gasteiger partial charge in [0.25, 0.3) is 0 Å². The summed E-state index contributed by atoms with van der Waals surface area (Å²) in [7, 11) is 0. The van der Waals surface area contributed by atoms with Crippen molar-refractivity contribution in [2.45, 2.75) is 13.8 Å². The number of fused-ring (bicyclic) bond motifs is 1. The fourth-order valence-electron chi connectivity index (χ4n) is 2.39. The van der Waals surface area contributed by atoms with E-state index in [4.69, 9.17) is 0 Å². The number of aryl methyl sites for hydroxylation is 2. The topological polar surface area (TPSA) is 32.9 Å². The molecule has 1 heterocycles. The highest BCUT2D eigenvalue weighted by molar-refractivity contribution is 6.16. The van der Waals surface area contributed by atoms with Gasteiger partial charge in [-0.05, 0) is 37.6 Å². The van der Waals surface area contributed by atoms with Crippen LogP contribution in [0, 0.1) is 19.7 Å². The van der Waals surface area contributed by atoms with E-state index in [1.165, 1.54) is 6.07 Å². The summed E-state index contributed by atoms with van der Waals surface area (Å²) in [4.78, 5) is 15.6. The molecule has 0 spiro atoms. The fourth-order valence-corrected chi connectivity index (χ4v) is 2.39. The van der Waals surface area contributed by atoms with Gasteiger partial charge in [-0.2, -0.15) is 0 Å². The third-order valence-corrected chi connectivity index (χ3v) is 3.45. The Labute approximate surface area is 116 Å². The Kier molecular flexibility index (Phi) is 2.90. The van der Waals surface area contributed by atoms with Crippen molar-refractivity contribution < 1.29 is 9.18 Å². The monoisotopic (exact) mass is 267 g/mol. The molecule has 1 aromatic heterocycles. The maximum atomic E-state index is 13.8. The number of hydrogen-bond acceptors (Lipinski definition) is 1. The highest BCUT2D eigenvalue weighted by Gasteiger charge is 2.17. The molecule has 2 nitrogen and oxygen atoms in total. The normalized spacial score (nSPS) is 10.9. The second-order valence-electron chi connectivity index (χ2n) is 5.06. The SMILES string of the molecule is Cc1ccc(F)c(C(=O)c2c[nH]c3cc(C)ccc23)c1. The van der Waals surface area contributed by atoms with Crippen LogP contribution in [0.3, 0.4) is 0 Å². The average molecular weight is 267 g/mol. The molecular weight excluding hydrogens is 253 g/mol. The Bertz CT molecular complexity index is 817. The molecule has 0 aliphatic heterocycles. The van der Waals surface area contributed by atoms with Gasteiger partial charge in [0.05, 0.1) is 5.56 Å². The van der Waals surface area contributed by atoms with Crippen molar-refractivity contribution in [2.75, 3.05) is 0 Å². The van der Waals surface area contributed by atoms with Gasteiger partial charge < -0.3 is 4.98 Å². The summed E-state index contributed by atoms with van der Waals surface area (Å²) in [6.45, 7) is 3.83. The van der Waals surface area contributed by atoms with E-state index in [1.54, 1.807) is 18.3 Å². The van der Waals surface area contributed by atoms with Gasteiger partial charge in [0, 0.05) is 22.7 Å². The van der Waals surface area contributed by atoms with Gasteiger partial charge in [0.1, 0.15) is 5.82 Å². The molecule has 0 fully saturated rings. The first kappa shape index (κ1) is 12.6. The molecule has 3 aromatic rings. The molecule has 0 unspecified atom stereocenters. The van der Waals surface area contributed by atoms with Crippen LogP contribution in [0.15, 0.2) is 42.6 Å². The number of benzene rings is 2. The van der Waals surface area contributed by atoms with Gasteiger partial charge in [-0.25, -0.2) is 4.39 Å². The summed E-state index contributed by atoms with van der Waals surface area (Å²) < 4.78 is 13.8. The number of halogens is 1. The number of carbonyl (C=O) groups excluding carboxylic acids is 1. The van der Waals surface area contributed by atoms with Crippen molar-refractivity contribution in [3.63, 3.8) is 0 Å². The molecule has 0 aliphatic carbocycles. The second kappa shape index (κ2) is 4.60. The van der Waals surface area contributed by atoms with Crippen LogP contribution in [0.4, 0.5) is 4.39 Å². The van der Waals surface area contributed by atoms with Crippen LogP contribution in [0.25, 0.3) is 10.9 Å². The highest BCUT2D eigenvalue weighted by atomic mass is 19.1. The van der Waals surface area contributed by atoms with Crippen LogP contribution in [0.5, 0.6) is 0 Å². The minimum Gasteiger partial charge on any atom is -0.360 e. The molecule has 0 bridgehead atoms. The van der Waals surface area contributed by atoms with E-state index in [0.29, 0.717) is 5.56 Å². The smallest absolute Gasteiger partial charge is 0.198 e. The molecule has 3 rings (SSSR count). The molecule has 0 saturated carbocycles. The fraction of sp³-hybridized carbons (Fsp3) is 0.118. The van der Waals surface area contributed by atoms with Gasteiger partial charge in [-0.3, -0.25) is 4.79 Å². The lowest BCUT2D eigenvalue weighted by molar-refractivity contribution is 0.103. The number of aromatic nitrogens is 1. The van der Waals surface area contributed by atoms with Crippen LogP contribution < -0.4 is 0 Å². The van der Waals surface area contributed by atoms with Gasteiger partial charge in [-0.1, -0.05) is 23.8 Å². The molecule has 2 aromatic carbocycles. The summed E-state index contributed by atoms with van der Waals surface area (Å²) in [6, 6.07) is 10.4. The molecule has 0 atom stereocenters. The van der Waals surface area contributed by atoms with E-state index in [2.05, 4.69) is 4.98 Å². The van der Waals surface area contributed by atoms with E-state index in [-0.39, 0.29) is 11.3 Å². The number of ketones is 1. The third-order valence-electron chi connectivity index (χ3n) is 3.45. The summed E-state index contributed by atoms with van der Waals surface area (Å²) in [5.41, 5.74) is 3.49. The predicted octanol–water partition coefficient (Wildman–Crippen LogP) is 4.15. The zero-order chi connectivity index (χ0) is 14.3. The summed E-state index contributed by atoms with van der Waals surface area (Å²) in [5, 5.41) is 0.821. The van der Waals surface area contributed by atoms with Crippen molar-refractivity contribution in [1.82, 2.24) is 4.98 Å². The first-order chi connectivity index (χ1) is 9.56. The largest absolute Gasteiger partial charge is 0.360 e. The van der Waals surface area contributed by atoms with E-state index < -0.39 is 5.82 Å². The number of carbonyl (C=O) groups is 1. The molecule has 0 saturated heterocycles. The zero-order valence-corrected chi connectivity index (χ0v) is 11.3. The number of H-pyrrole nitrogens is 1. The quantitative estimate of drug-likeness (QED) is 0.695. The standard InChI is InChI=1S/C17H14FNO/c1-10-4-6-15(18)13(7-10)17(20)14-9-19-16-8-11(2)3-5-12(14)16/h3-9,19H,1-2H3. The average Bonchev–Trinajstić information content (AvgIpc) is 2.83. The van der Waals surface area contributed by atoms with Crippen LogP contribution in [-0.4, -0.2) is 10.8 Å². The van der Waals surface area contributed by atoms with E-state index in [9.17, 15) is 9.18 Å². The summed E-state index contributed by atoms with van der Waals surface area (Å²) >= 11 is 0. The Hall–Kier alpha value is -2.42. The van der Waals surface area contributed by atoms with Gasteiger partial charge >= 0.3 is 0 Å². The van der Waals surface area contributed by atoms with Crippen molar-refractivity contribution in [3.8, 4) is 0 Å². The maximum absolute atomic E-state index is 13.8. The third kappa shape index (κ3) is 2.01. The van der Waals surface area contributed by atoms with Gasteiger partial charge in [-0.15, -0.1) is 0 Å². The molecule has 0 aliphatic rings. The van der Waals surface area contributed by atoms with Crippen molar-refractivity contribution in [3.05, 3.63) is 70.7 Å². The Morgan fingerprint density at radius 3 is 2.50 bits per heavy atom. The van der Waals surface area contributed by atoms with Crippen molar-refractivity contribution >= 4 is 16.7 Å². The van der Waals surface area contributed by atoms with E-state index in [1.807, 2.05) is 32.0 Å². The van der Waals surface area contributed by atoms with E-state index in [0.717, 1.165) is 22.0 Å². The Morgan fingerprint density at radius 2 is 1.70 bits per heavy atom. The van der Waals surface area contributed by atoms with Crippen molar-refractivity contribution in [1.29, 1.82) is 0 Å². The predicted molar refractivity (Wildman–Crippen MR) is 77.6 cm³/mol. The minimum absolute atomic E-state index is 0.117. The number of nitrogens with one attached hydrogen (secondary N) is 1. The zero-order valence-electron chi connectivity index (χ0n) is 11.3. The lowest BCUT2D eigenvalue weighted by atomic mass is 10.00. The van der Waals surface area contributed by atoms with Crippen molar-refractivity contribution in [2.24, 2.45) is 0 Å². The lowest BCUT2D eigenvalue weighted by Crippen LogP contribution is -2.04. The molecule has 100 valence electrons. The van der Waals surface area contributed by atoms with Crippen LogP contribution >= 0.6 is 0 Å². The first-order valence-electron chi connectivity index (χ1n) is 6.45. The Balaban J connectivity index is 2.15. The Morgan fingerprint density at radius 1 is 1.00 bits per heavy atom. The minimum atomic E-state index is -0.484. The highest BCUT2D eigenvalue weighted by Crippen LogP contribution is 2.23. The van der Waals surface area contributed by atoms with E-state index >= 15 is 0 Å². The summed E-state index contributed by atoms with van der Waals surface area (Å²) in [6.07, 6.45) is 1.65. The van der Waals surface area contributed by atoms with Gasteiger partial charge in [0.2, 0.25) is 0 Å². The lowest BCUT2D eigenvalue weighted by Gasteiger charge is -2.03. The first-order valence-corrected chi connectivity index (χ1v) is 6.45. The molecule has 1 N–H and O–H groups in total. The van der Waals surface area contributed by atoms with Crippen LogP contribution in [0.2, 0.25) is 0 Å². The number of hydrogen-bond donors (Lipinski definition) is 1. The van der Waals surface area contributed by atoms with Crippen LogP contribution in [0.1, 0.15) is 27.0 Å². The molecule has 3 heteroatoms. The molecule has 0 radical (unpaired) electrons. The second-order valence-corrected chi connectivity index (χ2v) is 5.06. The molecule has 0 amide bonds. The number of aromatic amines is 1. The van der Waals surface area contributed by atoms with Gasteiger partial charge in [0.15, 0.2) is 5.78 Å². The number of rotatable bonds is 2. The molecular formula is C17H14FNO. The molecule has 20 heavy (non-hydrogen) atoms. The van der Waals surface area contributed by atoms with Crippen LogP contribution in [-0.2, 0) is 0 Å². The summed E-state index contributed by atoms with van der Waals surface area (Å²) in [5.74, 6) is -0.775.